The summed E-state index contributed by atoms with van der Waals surface area (Å²) in [4.78, 5) is 54.1. The van der Waals surface area contributed by atoms with E-state index in [1.54, 1.807) is 19.1 Å². The van der Waals surface area contributed by atoms with E-state index in [1.807, 2.05) is 63.2 Å². The highest BCUT2D eigenvalue weighted by atomic mass is 16.7. The van der Waals surface area contributed by atoms with Gasteiger partial charge in [-0.3, -0.25) is 19.2 Å². The van der Waals surface area contributed by atoms with Crippen LogP contribution in [0.25, 0.3) is 0 Å². The van der Waals surface area contributed by atoms with Crippen LogP contribution in [0.4, 0.5) is 0 Å². The molecule has 11 heteroatoms. The predicted molar refractivity (Wildman–Crippen MR) is 190 cm³/mol. The summed E-state index contributed by atoms with van der Waals surface area (Å²) < 4.78 is 12.7. The maximum atomic E-state index is 13.8. The van der Waals surface area contributed by atoms with Gasteiger partial charge in [0, 0.05) is 35.8 Å². The number of nitrogens with one attached hydrogen (secondary N) is 2. The third kappa shape index (κ3) is 7.22. The zero-order valence-electron chi connectivity index (χ0n) is 30.4. The van der Waals surface area contributed by atoms with Crippen molar-refractivity contribution < 1.29 is 28.5 Å². The molecule has 1 unspecified atom stereocenters. The van der Waals surface area contributed by atoms with Gasteiger partial charge in [0.05, 0.1) is 24.2 Å². The van der Waals surface area contributed by atoms with Crippen molar-refractivity contribution in [1.82, 2.24) is 10.6 Å². The van der Waals surface area contributed by atoms with Crippen LogP contribution < -0.4 is 10.6 Å². The molecule has 2 amide bonds. The van der Waals surface area contributed by atoms with Crippen LogP contribution in [0.5, 0.6) is 0 Å². The number of hydrogen-bond donors (Lipinski definition) is 2. The monoisotopic (exact) mass is 682 g/mol. The summed E-state index contributed by atoms with van der Waals surface area (Å²) in [6.07, 6.45) is 2.58. The molecule has 1 saturated heterocycles. The molecule has 10 nitrogen and oxygen atoms in total. The van der Waals surface area contributed by atoms with Crippen LogP contribution in [0.1, 0.15) is 95.6 Å². The number of carbonyl (C=O) groups is 4. The van der Waals surface area contributed by atoms with Gasteiger partial charge < -0.3 is 19.9 Å². The Morgan fingerprint density at radius 3 is 2.20 bits per heavy atom. The minimum absolute atomic E-state index is 0.00400. The van der Waals surface area contributed by atoms with Crippen molar-refractivity contribution in [2.24, 2.45) is 45.2 Å². The molecule has 4 fully saturated rings. The SMILES string of the molecule is CC(C)[C@H](CC(=O)c1ccc(C2(C)N=N2)cc1)C(=O)N[C@@H](Cc1ccccc1)C(=O)C[C@@H](C)C(=O)NCB1O[C@@H]2CC3C[C@@H](C3(C)C)[C@]2(C)O1. The third-order valence-corrected chi connectivity index (χ3v) is 12.1. The summed E-state index contributed by atoms with van der Waals surface area (Å²) >= 11 is 0. The molecule has 7 atom stereocenters. The zero-order chi connectivity index (χ0) is 36.0. The van der Waals surface area contributed by atoms with Crippen LogP contribution in [0.15, 0.2) is 64.8 Å². The van der Waals surface area contributed by atoms with E-state index >= 15 is 0 Å². The Morgan fingerprint density at radius 2 is 1.58 bits per heavy atom. The number of nitrogens with zero attached hydrogens (tertiary/aromatic N) is 2. The number of hydrogen-bond acceptors (Lipinski definition) is 8. The highest BCUT2D eigenvalue weighted by molar-refractivity contribution is 6.46. The average molecular weight is 683 g/mol. The van der Waals surface area contributed by atoms with Crippen LogP contribution in [0.3, 0.4) is 0 Å². The van der Waals surface area contributed by atoms with Crippen molar-refractivity contribution in [1.29, 1.82) is 0 Å². The molecule has 2 N–H and O–H groups in total. The van der Waals surface area contributed by atoms with Crippen molar-refractivity contribution in [3.63, 3.8) is 0 Å². The Labute approximate surface area is 296 Å². The zero-order valence-corrected chi connectivity index (χ0v) is 30.4. The van der Waals surface area contributed by atoms with E-state index in [2.05, 4.69) is 41.6 Å². The molecule has 2 bridgehead atoms. The fourth-order valence-electron chi connectivity index (χ4n) is 8.42. The number of carbonyl (C=O) groups excluding carboxylic acids is 4. The second-order valence-electron chi connectivity index (χ2n) is 16.2. The van der Waals surface area contributed by atoms with E-state index in [4.69, 9.17) is 9.31 Å². The average Bonchev–Trinajstić information content (AvgIpc) is 3.74. The first kappa shape index (κ1) is 36.1. The van der Waals surface area contributed by atoms with Crippen LogP contribution in [0.2, 0.25) is 0 Å². The van der Waals surface area contributed by atoms with Crippen molar-refractivity contribution in [3.05, 3.63) is 71.3 Å². The minimum atomic E-state index is -0.859. The highest BCUT2D eigenvalue weighted by Crippen LogP contribution is 2.65. The Kier molecular flexibility index (Phi) is 9.96. The lowest BCUT2D eigenvalue weighted by Crippen LogP contribution is -2.65. The summed E-state index contributed by atoms with van der Waals surface area (Å²) in [5, 5.41) is 14.0. The molecular weight excluding hydrogens is 631 g/mol. The first-order valence-corrected chi connectivity index (χ1v) is 18.2. The summed E-state index contributed by atoms with van der Waals surface area (Å²) in [5.41, 5.74) is 1.64. The number of amides is 2. The van der Waals surface area contributed by atoms with Crippen molar-refractivity contribution in [2.45, 2.75) is 104 Å². The lowest BCUT2D eigenvalue weighted by Gasteiger charge is -2.64. The van der Waals surface area contributed by atoms with E-state index in [-0.39, 0.29) is 72.1 Å². The molecule has 266 valence electrons. The summed E-state index contributed by atoms with van der Waals surface area (Å²) in [7, 11) is -0.529. The first-order valence-electron chi connectivity index (χ1n) is 18.2. The molecular formula is C39H51BN4O6. The van der Waals surface area contributed by atoms with Crippen LogP contribution >= 0.6 is 0 Å². The Hall–Kier alpha value is -3.70. The van der Waals surface area contributed by atoms with Gasteiger partial charge in [0.25, 0.3) is 0 Å². The van der Waals surface area contributed by atoms with Crippen LogP contribution in [-0.2, 0) is 35.8 Å². The number of ketones is 2. The van der Waals surface area contributed by atoms with E-state index in [0.717, 1.165) is 24.0 Å². The topological polar surface area (TPSA) is 136 Å². The Balaban J connectivity index is 1.05. The Morgan fingerprint density at radius 1 is 0.900 bits per heavy atom. The maximum Gasteiger partial charge on any atom is 0.478 e. The van der Waals surface area contributed by atoms with Crippen LogP contribution in [0, 0.1) is 35.0 Å². The maximum absolute atomic E-state index is 13.8. The molecule has 0 radical (unpaired) electrons. The molecule has 3 saturated carbocycles. The molecule has 2 aliphatic heterocycles. The van der Waals surface area contributed by atoms with Crippen LogP contribution in [-0.4, -0.2) is 54.7 Å². The van der Waals surface area contributed by atoms with Crippen molar-refractivity contribution >= 4 is 30.5 Å². The largest absolute Gasteiger partial charge is 0.478 e. The lowest BCUT2D eigenvalue weighted by molar-refractivity contribution is -0.199. The molecule has 50 heavy (non-hydrogen) atoms. The normalized spacial score (nSPS) is 27.0. The smallest absolute Gasteiger partial charge is 0.404 e. The van der Waals surface area contributed by atoms with Gasteiger partial charge in [0.1, 0.15) is 0 Å². The quantitative estimate of drug-likeness (QED) is 0.178. The third-order valence-electron chi connectivity index (χ3n) is 12.1. The molecule has 0 spiro atoms. The molecule has 7 rings (SSSR count). The van der Waals surface area contributed by atoms with Crippen molar-refractivity contribution in [2.75, 3.05) is 6.44 Å². The van der Waals surface area contributed by atoms with Gasteiger partial charge in [0.2, 0.25) is 17.5 Å². The molecule has 2 aromatic rings. The number of Topliss-reactive ketones (excluding diaryl/α,β-unsaturated/α-hetero) is 2. The van der Waals surface area contributed by atoms with E-state index in [1.165, 1.54) is 0 Å². The van der Waals surface area contributed by atoms with Gasteiger partial charge >= 0.3 is 7.12 Å². The summed E-state index contributed by atoms with van der Waals surface area (Å²) in [5.74, 6) is -1.39. The second kappa shape index (κ2) is 13.8. The standard InChI is InChI=1S/C39H51BN4O6/c1-23(2)29(21-31(45)26-13-15-27(16-14-26)39(7)43-44-39)36(48)42-30(18-25-11-9-8-10-12-25)32(46)17-24(3)35(47)41-22-40-49-34-20-28-19-33(37(28,4)5)38(34,6)50-40/h8-16,23-24,28-30,33-34H,17-22H2,1-7H3,(H,41,47)(H,42,48)/t24-,28?,29+,30+,33+,34-,38+/m1/s1. The van der Waals surface area contributed by atoms with Gasteiger partial charge in [-0.15, -0.1) is 0 Å². The van der Waals surface area contributed by atoms with Gasteiger partial charge in [0.15, 0.2) is 11.6 Å². The fraction of sp³-hybridized carbons (Fsp3) is 0.590. The van der Waals surface area contributed by atoms with E-state index in [0.29, 0.717) is 17.4 Å². The summed E-state index contributed by atoms with van der Waals surface area (Å²) in [6.45, 7) is 14.2. The van der Waals surface area contributed by atoms with Crippen molar-refractivity contribution in [3.8, 4) is 0 Å². The first-order chi connectivity index (χ1) is 23.6. The minimum Gasteiger partial charge on any atom is -0.404 e. The molecule has 3 aliphatic carbocycles. The second-order valence-corrected chi connectivity index (χ2v) is 16.2. The highest BCUT2D eigenvalue weighted by Gasteiger charge is 2.67. The number of benzene rings is 2. The van der Waals surface area contributed by atoms with E-state index in [9.17, 15) is 19.2 Å². The van der Waals surface area contributed by atoms with Gasteiger partial charge in [-0.1, -0.05) is 89.2 Å². The predicted octanol–water partition coefficient (Wildman–Crippen LogP) is 5.88. The molecule has 2 aromatic carbocycles. The molecule has 2 heterocycles. The number of rotatable bonds is 15. The Bertz CT molecular complexity index is 1640. The fourth-order valence-corrected chi connectivity index (χ4v) is 8.42. The summed E-state index contributed by atoms with van der Waals surface area (Å²) in [6, 6.07) is 15.8. The van der Waals surface area contributed by atoms with Gasteiger partial charge in [-0.25, -0.2) is 0 Å². The van der Waals surface area contributed by atoms with Gasteiger partial charge in [-0.05, 0) is 61.8 Å². The van der Waals surface area contributed by atoms with Gasteiger partial charge in [-0.2, -0.15) is 10.2 Å². The van der Waals surface area contributed by atoms with E-state index < -0.39 is 30.7 Å². The molecule has 0 aromatic heterocycles. The molecule has 5 aliphatic rings. The lowest BCUT2D eigenvalue weighted by atomic mass is 9.43.